The highest BCUT2D eigenvalue weighted by atomic mass is 79.9. The lowest BCUT2D eigenvalue weighted by Gasteiger charge is -2.06. The van der Waals surface area contributed by atoms with E-state index in [4.69, 9.17) is 4.74 Å². The zero-order chi connectivity index (χ0) is 8.39. The Morgan fingerprint density at radius 3 is 3.08 bits per heavy atom. The van der Waals surface area contributed by atoms with Crippen LogP contribution < -0.4 is 5.32 Å². The minimum absolute atomic E-state index is 0.407. The Balaban J connectivity index is 1.94. The number of halogens is 1. The van der Waals surface area contributed by atoms with E-state index >= 15 is 0 Å². The van der Waals surface area contributed by atoms with Gasteiger partial charge in [0.1, 0.15) is 0 Å². The average molecular weight is 250 g/mol. The molecule has 1 saturated heterocycles. The van der Waals surface area contributed by atoms with Crippen LogP contribution in [0.15, 0.2) is 3.92 Å². The van der Waals surface area contributed by atoms with Crippen LogP contribution in [0.4, 0.5) is 5.13 Å². The molecular weight excluding hydrogens is 242 g/mol. The topological polar surface area (TPSA) is 47.0 Å². The maximum Gasteiger partial charge on any atom is 0.206 e. The normalized spacial score (nSPS) is 22.9. The van der Waals surface area contributed by atoms with E-state index in [1.54, 1.807) is 0 Å². The van der Waals surface area contributed by atoms with Crippen molar-refractivity contribution < 1.29 is 4.74 Å². The van der Waals surface area contributed by atoms with Crippen LogP contribution in [0.25, 0.3) is 0 Å². The molecular formula is C6H8BrN3OS. The highest BCUT2D eigenvalue weighted by Gasteiger charge is 2.16. The molecule has 12 heavy (non-hydrogen) atoms. The molecule has 0 radical (unpaired) electrons. The molecule has 1 fully saturated rings. The third-order valence-corrected chi connectivity index (χ3v) is 2.94. The number of hydrogen-bond acceptors (Lipinski definition) is 5. The first-order valence-electron chi connectivity index (χ1n) is 3.68. The molecule has 0 amide bonds. The minimum Gasteiger partial charge on any atom is -0.379 e. The van der Waals surface area contributed by atoms with Gasteiger partial charge in [-0.3, -0.25) is 0 Å². The Bertz CT molecular complexity index is 261. The SMILES string of the molecule is Brc1nnc(NC2CCOC2)s1. The first-order valence-corrected chi connectivity index (χ1v) is 5.29. The molecule has 0 bridgehead atoms. The molecule has 0 saturated carbocycles. The summed E-state index contributed by atoms with van der Waals surface area (Å²) in [5.41, 5.74) is 0. The van der Waals surface area contributed by atoms with Crippen LogP contribution in [0.1, 0.15) is 6.42 Å². The number of aromatic nitrogens is 2. The average Bonchev–Trinajstić information content (AvgIpc) is 2.63. The van der Waals surface area contributed by atoms with Gasteiger partial charge < -0.3 is 10.1 Å². The fraction of sp³-hybridized carbons (Fsp3) is 0.667. The third kappa shape index (κ3) is 1.94. The van der Waals surface area contributed by atoms with Gasteiger partial charge in [-0.05, 0) is 22.4 Å². The van der Waals surface area contributed by atoms with Crippen molar-refractivity contribution in [1.29, 1.82) is 0 Å². The van der Waals surface area contributed by atoms with Crippen molar-refractivity contribution in [2.24, 2.45) is 0 Å². The predicted molar refractivity (Wildman–Crippen MR) is 50.5 cm³/mol. The molecule has 1 unspecified atom stereocenters. The number of nitrogens with one attached hydrogen (secondary N) is 1. The van der Waals surface area contributed by atoms with Gasteiger partial charge in [0, 0.05) is 6.61 Å². The second kappa shape index (κ2) is 3.68. The van der Waals surface area contributed by atoms with Crippen LogP contribution in [0.5, 0.6) is 0 Å². The Labute approximate surface area is 82.5 Å². The second-order valence-electron chi connectivity index (χ2n) is 2.57. The summed E-state index contributed by atoms with van der Waals surface area (Å²) in [4.78, 5) is 0. The zero-order valence-corrected chi connectivity index (χ0v) is 8.69. The molecule has 1 aromatic rings. The number of ether oxygens (including phenoxy) is 1. The van der Waals surface area contributed by atoms with Gasteiger partial charge in [-0.25, -0.2) is 0 Å². The van der Waals surface area contributed by atoms with Crippen molar-refractivity contribution in [3.05, 3.63) is 3.92 Å². The number of hydrogen-bond donors (Lipinski definition) is 1. The Morgan fingerprint density at radius 1 is 1.58 bits per heavy atom. The summed E-state index contributed by atoms with van der Waals surface area (Å²) in [6, 6.07) is 0.407. The van der Waals surface area contributed by atoms with Crippen LogP contribution in [0.3, 0.4) is 0 Å². The van der Waals surface area contributed by atoms with Crippen molar-refractivity contribution in [2.45, 2.75) is 12.5 Å². The molecule has 6 heteroatoms. The maximum atomic E-state index is 5.22. The van der Waals surface area contributed by atoms with E-state index in [-0.39, 0.29) is 0 Å². The van der Waals surface area contributed by atoms with Gasteiger partial charge in [-0.2, -0.15) is 0 Å². The maximum absolute atomic E-state index is 5.22. The van der Waals surface area contributed by atoms with E-state index in [1.807, 2.05) is 0 Å². The lowest BCUT2D eigenvalue weighted by atomic mass is 10.3. The monoisotopic (exact) mass is 249 g/mol. The molecule has 2 heterocycles. The Kier molecular flexibility index (Phi) is 2.57. The van der Waals surface area contributed by atoms with Gasteiger partial charge in [0.25, 0.3) is 0 Å². The van der Waals surface area contributed by atoms with Crippen LogP contribution in [-0.2, 0) is 4.74 Å². The first-order chi connectivity index (χ1) is 5.84. The molecule has 1 N–H and O–H groups in total. The van der Waals surface area contributed by atoms with E-state index in [1.165, 1.54) is 11.3 Å². The van der Waals surface area contributed by atoms with Crippen molar-refractivity contribution >= 4 is 32.4 Å². The van der Waals surface area contributed by atoms with Gasteiger partial charge in [-0.1, -0.05) is 11.3 Å². The lowest BCUT2D eigenvalue weighted by Crippen LogP contribution is -2.18. The fourth-order valence-corrected chi connectivity index (χ4v) is 2.17. The molecule has 4 nitrogen and oxygen atoms in total. The molecule has 0 aliphatic carbocycles. The van der Waals surface area contributed by atoms with Gasteiger partial charge in [-0.15, -0.1) is 10.2 Å². The lowest BCUT2D eigenvalue weighted by molar-refractivity contribution is 0.195. The summed E-state index contributed by atoms with van der Waals surface area (Å²) in [6.45, 7) is 1.62. The predicted octanol–water partition coefficient (Wildman–Crippen LogP) is 1.50. The van der Waals surface area contributed by atoms with E-state index in [2.05, 4.69) is 31.4 Å². The molecule has 0 aromatic carbocycles. The third-order valence-electron chi connectivity index (χ3n) is 1.66. The van der Waals surface area contributed by atoms with Crippen molar-refractivity contribution in [2.75, 3.05) is 18.5 Å². The highest BCUT2D eigenvalue weighted by Crippen LogP contribution is 2.22. The number of anilines is 1. The van der Waals surface area contributed by atoms with Crippen molar-refractivity contribution in [3.8, 4) is 0 Å². The van der Waals surface area contributed by atoms with Crippen LogP contribution in [-0.4, -0.2) is 29.5 Å². The second-order valence-corrected chi connectivity index (χ2v) is 4.82. The standard InChI is InChI=1S/C6H8BrN3OS/c7-5-9-10-6(12-5)8-4-1-2-11-3-4/h4H,1-3H2,(H,8,10). The van der Waals surface area contributed by atoms with Crippen molar-refractivity contribution in [3.63, 3.8) is 0 Å². The van der Waals surface area contributed by atoms with Crippen LogP contribution in [0.2, 0.25) is 0 Å². The van der Waals surface area contributed by atoms with E-state index in [0.29, 0.717) is 6.04 Å². The quantitative estimate of drug-likeness (QED) is 0.864. The van der Waals surface area contributed by atoms with Gasteiger partial charge >= 0.3 is 0 Å². The molecule has 0 spiro atoms. The zero-order valence-electron chi connectivity index (χ0n) is 6.29. The summed E-state index contributed by atoms with van der Waals surface area (Å²) in [7, 11) is 0. The molecule has 66 valence electrons. The molecule has 1 aromatic heterocycles. The molecule has 1 aliphatic rings. The summed E-state index contributed by atoms with van der Waals surface area (Å²) in [6.07, 6.45) is 1.05. The fourth-order valence-electron chi connectivity index (χ4n) is 1.09. The van der Waals surface area contributed by atoms with Gasteiger partial charge in [0.05, 0.1) is 12.6 Å². The summed E-state index contributed by atoms with van der Waals surface area (Å²) in [5.74, 6) is 0. The summed E-state index contributed by atoms with van der Waals surface area (Å²) >= 11 is 4.76. The van der Waals surface area contributed by atoms with Crippen molar-refractivity contribution in [1.82, 2.24) is 10.2 Å². The molecule has 1 atom stereocenters. The first kappa shape index (κ1) is 8.40. The van der Waals surface area contributed by atoms with E-state index in [9.17, 15) is 0 Å². The summed E-state index contributed by atoms with van der Waals surface area (Å²) in [5, 5.41) is 11.9. The highest BCUT2D eigenvalue weighted by molar-refractivity contribution is 9.11. The van der Waals surface area contributed by atoms with E-state index < -0.39 is 0 Å². The Morgan fingerprint density at radius 2 is 2.50 bits per heavy atom. The van der Waals surface area contributed by atoms with Gasteiger partial charge in [0.2, 0.25) is 5.13 Å². The van der Waals surface area contributed by atoms with E-state index in [0.717, 1.165) is 28.7 Å². The Hall–Kier alpha value is -0.200. The minimum atomic E-state index is 0.407. The number of nitrogens with zero attached hydrogens (tertiary/aromatic N) is 2. The van der Waals surface area contributed by atoms with Crippen LogP contribution in [0, 0.1) is 0 Å². The number of rotatable bonds is 2. The summed E-state index contributed by atoms with van der Waals surface area (Å²) < 4.78 is 6.03. The smallest absolute Gasteiger partial charge is 0.206 e. The molecule has 2 rings (SSSR count). The largest absolute Gasteiger partial charge is 0.379 e. The van der Waals surface area contributed by atoms with Crippen LogP contribution >= 0.6 is 27.3 Å². The molecule has 1 aliphatic heterocycles. The van der Waals surface area contributed by atoms with Gasteiger partial charge in [0.15, 0.2) is 3.92 Å².